The van der Waals surface area contributed by atoms with Crippen LogP contribution in [0.1, 0.15) is 32.6 Å². The van der Waals surface area contributed by atoms with Crippen LogP contribution in [0.4, 0.5) is 0 Å². The lowest BCUT2D eigenvalue weighted by atomic mass is 9.78. The van der Waals surface area contributed by atoms with Gasteiger partial charge in [-0.3, -0.25) is 4.79 Å². The molecular formula is C15H27N3O4S. The third-order valence-corrected chi connectivity index (χ3v) is 7.24. The van der Waals surface area contributed by atoms with E-state index in [1.165, 1.54) is 8.61 Å². The second-order valence-corrected chi connectivity index (χ2v) is 8.71. The normalized spacial score (nSPS) is 31.2. The maximum Gasteiger partial charge on any atom is 0.282 e. The minimum Gasteiger partial charge on any atom is -0.379 e. The number of morpholine rings is 1. The molecule has 0 aromatic heterocycles. The highest BCUT2D eigenvalue weighted by molar-refractivity contribution is 7.86. The van der Waals surface area contributed by atoms with E-state index < -0.39 is 15.6 Å². The molecule has 0 unspecified atom stereocenters. The molecule has 7 nitrogen and oxygen atoms in total. The summed E-state index contributed by atoms with van der Waals surface area (Å²) < 4.78 is 33.9. The summed E-state index contributed by atoms with van der Waals surface area (Å²) in [5, 5.41) is 0. The van der Waals surface area contributed by atoms with Gasteiger partial charge in [0.25, 0.3) is 10.2 Å². The quantitative estimate of drug-likeness (QED) is 0.734. The van der Waals surface area contributed by atoms with Crippen LogP contribution in [-0.2, 0) is 19.7 Å². The van der Waals surface area contributed by atoms with Crippen LogP contribution in [0.2, 0.25) is 0 Å². The predicted octanol–water partition coefficient (Wildman–Crippen LogP) is 0.288. The van der Waals surface area contributed by atoms with Gasteiger partial charge >= 0.3 is 0 Å². The van der Waals surface area contributed by atoms with E-state index in [1.54, 1.807) is 0 Å². The van der Waals surface area contributed by atoms with E-state index in [9.17, 15) is 13.2 Å². The fraction of sp³-hybridized carbons (Fsp3) is 0.933. The van der Waals surface area contributed by atoms with Gasteiger partial charge in [0, 0.05) is 39.3 Å². The van der Waals surface area contributed by atoms with E-state index >= 15 is 0 Å². The second kappa shape index (κ2) is 6.66. The van der Waals surface area contributed by atoms with Crippen LogP contribution < -0.4 is 0 Å². The highest BCUT2D eigenvalue weighted by atomic mass is 32.2. The van der Waals surface area contributed by atoms with Crippen molar-refractivity contribution in [1.82, 2.24) is 13.5 Å². The fourth-order valence-electron chi connectivity index (χ4n) is 3.99. The van der Waals surface area contributed by atoms with Crippen LogP contribution in [0.15, 0.2) is 0 Å². The molecule has 0 N–H and O–H groups in total. The Morgan fingerprint density at radius 3 is 2.52 bits per heavy atom. The Morgan fingerprint density at radius 1 is 1.09 bits per heavy atom. The van der Waals surface area contributed by atoms with Gasteiger partial charge in [0.1, 0.15) is 0 Å². The Balaban J connectivity index is 1.73. The Kier molecular flexibility index (Phi) is 4.96. The van der Waals surface area contributed by atoms with Gasteiger partial charge in [-0.15, -0.1) is 0 Å². The van der Waals surface area contributed by atoms with E-state index in [0.29, 0.717) is 45.8 Å². The molecule has 3 saturated heterocycles. The van der Waals surface area contributed by atoms with Crippen LogP contribution >= 0.6 is 0 Å². The number of rotatable bonds is 4. The van der Waals surface area contributed by atoms with Crippen molar-refractivity contribution in [2.75, 3.05) is 52.5 Å². The van der Waals surface area contributed by atoms with Crippen molar-refractivity contribution in [3.63, 3.8) is 0 Å². The Labute approximate surface area is 138 Å². The molecule has 0 bridgehead atoms. The van der Waals surface area contributed by atoms with E-state index in [2.05, 4.69) is 6.92 Å². The number of carbonyl (C=O) groups excluding carboxylic acids is 1. The lowest BCUT2D eigenvalue weighted by Gasteiger charge is -2.39. The van der Waals surface area contributed by atoms with Gasteiger partial charge in [0.15, 0.2) is 0 Å². The van der Waals surface area contributed by atoms with E-state index in [1.807, 2.05) is 4.90 Å². The minimum absolute atomic E-state index is 0.158. The Bertz CT molecular complexity index is 545. The maximum atomic E-state index is 12.9. The SMILES string of the molecule is CCCN1CCC[C@@]2(CCN(S(=O)(=O)N3CCOCC3)C2)C1=O. The van der Waals surface area contributed by atoms with Gasteiger partial charge in [-0.2, -0.15) is 17.0 Å². The van der Waals surface area contributed by atoms with Crippen LogP contribution in [-0.4, -0.2) is 80.3 Å². The molecule has 132 valence electrons. The highest BCUT2D eigenvalue weighted by Gasteiger charge is 2.51. The molecule has 23 heavy (non-hydrogen) atoms. The van der Waals surface area contributed by atoms with Crippen molar-refractivity contribution in [3.05, 3.63) is 0 Å². The van der Waals surface area contributed by atoms with E-state index in [-0.39, 0.29) is 5.91 Å². The van der Waals surface area contributed by atoms with Gasteiger partial charge in [-0.05, 0) is 25.7 Å². The molecule has 3 fully saturated rings. The smallest absolute Gasteiger partial charge is 0.282 e. The zero-order valence-electron chi connectivity index (χ0n) is 13.9. The van der Waals surface area contributed by atoms with Crippen molar-refractivity contribution < 1.29 is 17.9 Å². The molecule has 3 aliphatic rings. The van der Waals surface area contributed by atoms with E-state index in [0.717, 1.165) is 32.4 Å². The van der Waals surface area contributed by atoms with Gasteiger partial charge in [-0.1, -0.05) is 6.92 Å². The van der Waals surface area contributed by atoms with Crippen molar-refractivity contribution in [2.24, 2.45) is 5.41 Å². The molecular weight excluding hydrogens is 318 g/mol. The molecule has 0 radical (unpaired) electrons. The summed E-state index contributed by atoms with van der Waals surface area (Å²) in [5.41, 5.74) is -0.493. The summed E-state index contributed by atoms with van der Waals surface area (Å²) in [6.07, 6.45) is 3.37. The first-order chi connectivity index (χ1) is 11.0. The highest BCUT2D eigenvalue weighted by Crippen LogP contribution is 2.41. The Hall–Kier alpha value is -0.700. The monoisotopic (exact) mass is 345 g/mol. The number of ether oxygens (including phenoxy) is 1. The molecule has 3 heterocycles. The van der Waals surface area contributed by atoms with Crippen molar-refractivity contribution in [2.45, 2.75) is 32.6 Å². The lowest BCUT2D eigenvalue weighted by molar-refractivity contribution is -0.145. The van der Waals surface area contributed by atoms with Gasteiger partial charge in [0.05, 0.1) is 18.6 Å². The molecule has 0 saturated carbocycles. The number of carbonyl (C=O) groups is 1. The third kappa shape index (κ3) is 3.14. The number of piperidine rings is 1. The van der Waals surface area contributed by atoms with Crippen LogP contribution in [0, 0.1) is 5.41 Å². The van der Waals surface area contributed by atoms with Crippen molar-refractivity contribution in [3.8, 4) is 0 Å². The second-order valence-electron chi connectivity index (χ2n) is 6.78. The van der Waals surface area contributed by atoms with Gasteiger partial charge in [0.2, 0.25) is 5.91 Å². The number of likely N-dealkylation sites (tertiary alicyclic amines) is 1. The third-order valence-electron chi connectivity index (χ3n) is 5.26. The minimum atomic E-state index is -3.47. The summed E-state index contributed by atoms with van der Waals surface area (Å²) in [6.45, 7) is 6.14. The predicted molar refractivity (Wildman–Crippen MR) is 86.0 cm³/mol. The molecule has 0 aliphatic carbocycles. The van der Waals surface area contributed by atoms with Crippen molar-refractivity contribution >= 4 is 16.1 Å². The average molecular weight is 345 g/mol. The zero-order valence-corrected chi connectivity index (χ0v) is 14.7. The van der Waals surface area contributed by atoms with Crippen molar-refractivity contribution in [1.29, 1.82) is 0 Å². The topological polar surface area (TPSA) is 70.2 Å². The summed E-state index contributed by atoms with van der Waals surface area (Å²) >= 11 is 0. The van der Waals surface area contributed by atoms with E-state index in [4.69, 9.17) is 4.74 Å². The molecule has 8 heteroatoms. The number of hydrogen-bond donors (Lipinski definition) is 0. The standard InChI is InChI=1S/C15H27N3O4S/c1-2-6-16-7-3-4-15(14(16)19)5-8-18(13-15)23(20,21)17-9-11-22-12-10-17/h2-13H2,1H3/t15-/m0/s1. The summed E-state index contributed by atoms with van der Waals surface area (Å²) in [6, 6.07) is 0. The molecule has 3 aliphatic heterocycles. The molecule has 1 atom stereocenters. The summed E-state index contributed by atoms with van der Waals surface area (Å²) in [7, 11) is -3.47. The van der Waals surface area contributed by atoms with Crippen LogP contribution in [0.5, 0.6) is 0 Å². The molecule has 0 aromatic rings. The largest absolute Gasteiger partial charge is 0.379 e. The first-order valence-corrected chi connectivity index (χ1v) is 10.0. The van der Waals surface area contributed by atoms with Gasteiger partial charge < -0.3 is 9.64 Å². The summed E-state index contributed by atoms with van der Waals surface area (Å²) in [4.78, 5) is 14.8. The number of nitrogens with zero attached hydrogens (tertiary/aromatic N) is 3. The molecule has 1 spiro atoms. The first kappa shape index (κ1) is 17.1. The maximum absolute atomic E-state index is 12.9. The average Bonchev–Trinajstić information content (AvgIpc) is 2.99. The molecule has 3 rings (SSSR count). The first-order valence-electron chi connectivity index (χ1n) is 8.62. The van der Waals surface area contributed by atoms with Crippen LogP contribution in [0.25, 0.3) is 0 Å². The fourth-order valence-corrected chi connectivity index (χ4v) is 5.66. The van der Waals surface area contributed by atoms with Gasteiger partial charge in [-0.25, -0.2) is 0 Å². The molecule has 1 amide bonds. The number of hydrogen-bond acceptors (Lipinski definition) is 4. The summed E-state index contributed by atoms with van der Waals surface area (Å²) in [5.74, 6) is 0.158. The Morgan fingerprint density at radius 2 is 1.83 bits per heavy atom. The zero-order chi connectivity index (χ0) is 16.5. The van der Waals surface area contributed by atoms with Crippen LogP contribution in [0.3, 0.4) is 0 Å². The lowest BCUT2D eigenvalue weighted by Crippen LogP contribution is -2.52. The number of amides is 1. The molecule has 0 aromatic carbocycles.